The van der Waals surface area contributed by atoms with Crippen molar-refractivity contribution in [3.63, 3.8) is 0 Å². The van der Waals surface area contributed by atoms with Crippen LogP contribution in [0, 0.1) is 11.8 Å². The van der Waals surface area contributed by atoms with E-state index in [0.717, 1.165) is 12.0 Å². The van der Waals surface area contributed by atoms with E-state index in [1.54, 1.807) is 0 Å². The van der Waals surface area contributed by atoms with E-state index < -0.39 is 9.53 Å². The minimum absolute atomic E-state index is 0.0107. The minimum Gasteiger partial charge on any atom is -0.395 e. The summed E-state index contributed by atoms with van der Waals surface area (Å²) in [6.07, 6.45) is 11.0. The van der Waals surface area contributed by atoms with Crippen LogP contribution in [0.4, 0.5) is 0 Å². The van der Waals surface area contributed by atoms with Crippen molar-refractivity contribution in [2.75, 3.05) is 6.61 Å². The molecule has 0 aromatic heterocycles. The molecule has 0 aromatic rings. The summed E-state index contributed by atoms with van der Waals surface area (Å²) in [7, 11) is 0. The molecule has 0 heterocycles. The summed E-state index contributed by atoms with van der Waals surface area (Å²) in [4.78, 5) is 0. The number of alkyl halides is 1. The summed E-state index contributed by atoms with van der Waals surface area (Å²) in [5, 5.41) is 19.9. The van der Waals surface area contributed by atoms with E-state index >= 15 is 0 Å². The van der Waals surface area contributed by atoms with Gasteiger partial charge < -0.3 is 10.2 Å². The predicted molar refractivity (Wildman–Crippen MR) is 87.5 cm³/mol. The van der Waals surface area contributed by atoms with Gasteiger partial charge in [0.05, 0.1) is 16.1 Å². The number of rotatable bonds is 2. The number of hydrogen-bond acceptors (Lipinski definition) is 2. The molecule has 0 saturated heterocycles. The third kappa shape index (κ3) is 3.35. The van der Waals surface area contributed by atoms with Crippen LogP contribution < -0.4 is 0 Å². The lowest BCUT2D eigenvalue weighted by Gasteiger charge is -2.28. The van der Waals surface area contributed by atoms with Crippen LogP contribution in [0.15, 0.2) is 12.2 Å². The molecule has 3 heteroatoms. The van der Waals surface area contributed by atoms with Crippen LogP contribution in [0.5, 0.6) is 0 Å². The number of hydrogen-bond donors (Lipinski definition) is 2. The predicted octanol–water partition coefficient (Wildman–Crippen LogP) is 3.84. The Kier molecular flexibility index (Phi) is 5.73. The van der Waals surface area contributed by atoms with Gasteiger partial charge in [-0.05, 0) is 31.1 Å². The lowest BCUT2D eigenvalue weighted by Crippen LogP contribution is -2.35. The van der Waals surface area contributed by atoms with Crippen molar-refractivity contribution < 1.29 is 10.2 Å². The van der Waals surface area contributed by atoms with Gasteiger partial charge in [-0.1, -0.05) is 73.3 Å². The summed E-state index contributed by atoms with van der Waals surface area (Å²) in [5.41, 5.74) is 1.09. The Morgan fingerprint density at radius 1 is 1.11 bits per heavy atom. The van der Waals surface area contributed by atoms with Gasteiger partial charge in [-0.25, -0.2) is 0 Å². The monoisotopic (exact) mass is 378 g/mol. The average Bonchev–Trinajstić information content (AvgIpc) is 2.72. The van der Waals surface area contributed by atoms with Gasteiger partial charge in [-0.3, -0.25) is 0 Å². The van der Waals surface area contributed by atoms with Crippen LogP contribution in [0.25, 0.3) is 0 Å². The first-order valence-electron chi connectivity index (χ1n) is 7.76. The highest BCUT2D eigenvalue weighted by Gasteiger charge is 2.49. The molecule has 2 nitrogen and oxygen atoms in total. The topological polar surface area (TPSA) is 40.5 Å². The van der Waals surface area contributed by atoms with E-state index in [2.05, 4.69) is 29.2 Å². The molecule has 0 radical (unpaired) electrons. The molecule has 2 aliphatic rings. The smallest absolute Gasteiger partial charge is 0.0919 e. The van der Waals surface area contributed by atoms with Crippen molar-refractivity contribution in [3.8, 4) is 0 Å². The third-order valence-corrected chi connectivity index (χ3v) is 6.94. The second-order valence-electron chi connectivity index (χ2n) is 6.36. The minimum atomic E-state index is -0.499. The normalized spacial score (nSPS) is 38.8. The second kappa shape index (κ2) is 6.90. The molecule has 2 N–H and O–H groups in total. The molecule has 0 amide bonds. The maximum atomic E-state index is 10.3. The first-order valence-corrected chi connectivity index (χ1v) is 8.84. The lowest BCUT2D eigenvalue weighted by atomic mass is 9.81. The van der Waals surface area contributed by atoms with Crippen LogP contribution in [-0.4, -0.2) is 26.3 Å². The molecule has 0 spiro atoms. The zero-order valence-corrected chi connectivity index (χ0v) is 13.9. The molecular weight excluding hydrogens is 351 g/mol. The van der Waals surface area contributed by atoms with Crippen LogP contribution in [0.2, 0.25) is 0 Å². The highest BCUT2D eigenvalue weighted by atomic mass is 127. The molecule has 110 valence electrons. The van der Waals surface area contributed by atoms with Crippen molar-refractivity contribution in [1.29, 1.82) is 0 Å². The van der Waals surface area contributed by atoms with E-state index in [4.69, 9.17) is 0 Å². The zero-order valence-electron chi connectivity index (χ0n) is 11.8. The molecule has 0 aliphatic heterocycles. The SMILES string of the molecule is C=C1C(C2CCCCCCCC2)CC(O)C1(I)CO. The molecule has 2 fully saturated rings. The number of halogens is 1. The first-order chi connectivity index (χ1) is 9.09. The van der Waals surface area contributed by atoms with Gasteiger partial charge in [-0.2, -0.15) is 0 Å². The number of aliphatic hydroxyl groups is 2. The highest BCUT2D eigenvalue weighted by molar-refractivity contribution is 14.1. The summed E-state index contributed by atoms with van der Waals surface area (Å²) in [6, 6.07) is 0. The summed E-state index contributed by atoms with van der Waals surface area (Å²) in [6.45, 7) is 4.25. The zero-order chi connectivity index (χ0) is 13.9. The fourth-order valence-electron chi connectivity index (χ4n) is 3.84. The Bertz CT molecular complexity index is 308. The van der Waals surface area contributed by atoms with Crippen LogP contribution >= 0.6 is 22.6 Å². The Labute approximate surface area is 130 Å². The van der Waals surface area contributed by atoms with Crippen molar-refractivity contribution in [3.05, 3.63) is 12.2 Å². The van der Waals surface area contributed by atoms with Gasteiger partial charge in [0.15, 0.2) is 0 Å². The van der Waals surface area contributed by atoms with Crippen LogP contribution in [0.3, 0.4) is 0 Å². The fourth-order valence-corrected chi connectivity index (χ4v) is 4.50. The maximum absolute atomic E-state index is 10.3. The highest BCUT2D eigenvalue weighted by Crippen LogP contribution is 2.50. The fraction of sp³-hybridized carbons (Fsp3) is 0.875. The van der Waals surface area contributed by atoms with Gasteiger partial charge in [-0.15, -0.1) is 0 Å². The largest absolute Gasteiger partial charge is 0.395 e. The van der Waals surface area contributed by atoms with Gasteiger partial charge >= 0.3 is 0 Å². The van der Waals surface area contributed by atoms with Crippen molar-refractivity contribution >= 4 is 22.6 Å². The Morgan fingerprint density at radius 3 is 2.11 bits per heavy atom. The Balaban J connectivity index is 2.05. The standard InChI is InChI=1S/C16H27IO2/c1-12-14(10-15(19)16(12,17)11-18)13-8-6-4-2-3-5-7-9-13/h13-15,18-19H,1-11H2. The second-order valence-corrected chi connectivity index (χ2v) is 8.29. The van der Waals surface area contributed by atoms with E-state index in [0.29, 0.717) is 11.8 Å². The molecule has 3 atom stereocenters. The van der Waals surface area contributed by atoms with Gasteiger partial charge in [0, 0.05) is 0 Å². The molecule has 0 bridgehead atoms. The first kappa shape index (κ1) is 15.8. The quantitative estimate of drug-likeness (QED) is 0.436. The Morgan fingerprint density at radius 2 is 1.63 bits per heavy atom. The number of aliphatic hydroxyl groups excluding tert-OH is 2. The molecular formula is C16H27IO2. The van der Waals surface area contributed by atoms with Crippen molar-refractivity contribution in [1.82, 2.24) is 0 Å². The maximum Gasteiger partial charge on any atom is 0.0919 e. The van der Waals surface area contributed by atoms with Crippen molar-refractivity contribution in [2.45, 2.75) is 67.3 Å². The summed E-state index contributed by atoms with van der Waals surface area (Å²) < 4.78 is -0.499. The molecule has 2 saturated carbocycles. The lowest BCUT2D eigenvalue weighted by molar-refractivity contribution is 0.122. The average molecular weight is 378 g/mol. The van der Waals surface area contributed by atoms with E-state index in [1.807, 2.05) is 0 Å². The van der Waals surface area contributed by atoms with Gasteiger partial charge in [0.25, 0.3) is 0 Å². The van der Waals surface area contributed by atoms with E-state index in [-0.39, 0.29) is 6.61 Å². The van der Waals surface area contributed by atoms with Gasteiger partial charge in [0.1, 0.15) is 0 Å². The van der Waals surface area contributed by atoms with E-state index in [1.165, 1.54) is 51.4 Å². The summed E-state index contributed by atoms with van der Waals surface area (Å²) >= 11 is 2.22. The van der Waals surface area contributed by atoms with E-state index in [9.17, 15) is 10.2 Å². The molecule has 19 heavy (non-hydrogen) atoms. The van der Waals surface area contributed by atoms with Crippen molar-refractivity contribution in [2.24, 2.45) is 11.8 Å². The summed E-state index contributed by atoms with van der Waals surface area (Å²) in [5.74, 6) is 1.08. The third-order valence-electron chi connectivity index (χ3n) is 5.19. The molecule has 0 aromatic carbocycles. The molecule has 2 aliphatic carbocycles. The molecule has 3 unspecified atom stereocenters. The van der Waals surface area contributed by atoms with Crippen LogP contribution in [0.1, 0.15) is 57.8 Å². The Hall–Kier alpha value is 0.390. The van der Waals surface area contributed by atoms with Gasteiger partial charge in [0.2, 0.25) is 0 Å². The molecule has 2 rings (SSSR count). The van der Waals surface area contributed by atoms with Crippen LogP contribution in [-0.2, 0) is 0 Å².